The molecule has 122 heavy (non-hydrogen) atoms. The highest BCUT2D eigenvalue weighted by Crippen LogP contribution is 2.30. The van der Waals surface area contributed by atoms with Crippen LogP contribution in [0.25, 0.3) is 0 Å². The number of nitrogens with zero attached hydrogens (tertiary/aromatic N) is 9. The normalized spacial score (nSPS) is 11.0. The van der Waals surface area contributed by atoms with Crippen molar-refractivity contribution in [2.45, 2.75) is 132 Å². The molecule has 15 rings (SSSR count). The molecule has 0 aliphatic rings. The van der Waals surface area contributed by atoms with E-state index >= 15 is 0 Å². The van der Waals surface area contributed by atoms with Crippen molar-refractivity contribution >= 4 is 22.7 Å². The van der Waals surface area contributed by atoms with Gasteiger partial charge in [0.15, 0.2) is 0 Å². The first kappa shape index (κ1) is 90.4. The Kier molecular flexibility index (Phi) is 35.7. The van der Waals surface area contributed by atoms with Crippen LogP contribution in [0.1, 0.15) is 110 Å². The number of hydrogen-bond acceptors (Lipinski definition) is 17. The van der Waals surface area contributed by atoms with Crippen LogP contribution in [-0.4, -0.2) is 77.1 Å². The smallest absolute Gasteiger partial charge is 0.123 e. The van der Waals surface area contributed by atoms with E-state index < -0.39 is 0 Å². The molecule has 626 valence electrons. The zero-order valence-corrected chi connectivity index (χ0v) is 71.4. The highest BCUT2D eigenvalue weighted by atomic mass is 32.1. The van der Waals surface area contributed by atoms with Gasteiger partial charge < -0.3 is 30.3 Å². The molecular weight excluding hydrogens is 1560 g/mol. The van der Waals surface area contributed by atoms with Gasteiger partial charge in [0.05, 0.1) is 26.8 Å². The average molecular weight is 1670 g/mol. The lowest BCUT2D eigenvalue weighted by Crippen LogP contribution is -2.22. The van der Waals surface area contributed by atoms with Crippen LogP contribution < -0.4 is 4.74 Å². The van der Waals surface area contributed by atoms with Crippen LogP contribution in [0, 0.1) is 39.3 Å². The van der Waals surface area contributed by atoms with E-state index in [1.165, 1.54) is 127 Å². The summed E-state index contributed by atoms with van der Waals surface area (Å²) >= 11 is 3.37. The number of rotatable bonds is 32. The minimum absolute atomic E-state index is 0.0712. The minimum atomic E-state index is -0.196. The first-order chi connectivity index (χ1) is 59.3. The molecule has 0 bridgehead atoms. The van der Waals surface area contributed by atoms with Crippen LogP contribution in [0.5, 0.6) is 28.7 Å². The Balaban J connectivity index is 0.000000149. The van der Waals surface area contributed by atoms with E-state index in [2.05, 4.69) is 219 Å². The number of aliphatic hydroxyl groups excluding tert-OH is 1. The monoisotopic (exact) mass is 1670 g/mol. The molecule has 0 fully saturated rings. The molecule has 4 aromatic heterocycles. The van der Waals surface area contributed by atoms with Crippen molar-refractivity contribution in [1.82, 2.24) is 44.4 Å². The summed E-state index contributed by atoms with van der Waals surface area (Å²) in [6, 6.07) is 91.9. The van der Waals surface area contributed by atoms with E-state index in [1.807, 2.05) is 113 Å². The van der Waals surface area contributed by atoms with Crippen molar-refractivity contribution in [3.63, 3.8) is 0 Å². The summed E-state index contributed by atoms with van der Waals surface area (Å²) in [6.45, 7) is 20.0. The van der Waals surface area contributed by atoms with Gasteiger partial charge in [-0.2, -0.15) is 0 Å². The fourth-order valence-corrected chi connectivity index (χ4v) is 14.9. The largest absolute Gasteiger partial charge is 0.508 e. The van der Waals surface area contributed by atoms with Crippen LogP contribution in [0.4, 0.5) is 8.78 Å². The third-order valence-corrected chi connectivity index (χ3v) is 21.6. The third kappa shape index (κ3) is 32.0. The number of ether oxygens (including phenoxy) is 1. The predicted octanol–water partition coefficient (Wildman–Crippen LogP) is 22.0. The lowest BCUT2D eigenvalue weighted by Gasteiger charge is -2.23. The van der Waals surface area contributed by atoms with Crippen LogP contribution >= 0.6 is 22.7 Å². The molecule has 0 spiro atoms. The number of phenolic OH excluding ortho intramolecular Hbond substituents is 4. The van der Waals surface area contributed by atoms with E-state index in [4.69, 9.17) is 4.74 Å². The molecule has 0 atom stereocenters. The zero-order valence-electron chi connectivity index (χ0n) is 69.8. The van der Waals surface area contributed by atoms with Gasteiger partial charge in [0.1, 0.15) is 50.4 Å². The van der Waals surface area contributed by atoms with Gasteiger partial charge in [-0.3, -0.25) is 34.5 Å². The molecule has 0 amide bonds. The molecule has 0 saturated heterocycles. The highest BCUT2D eigenvalue weighted by Gasteiger charge is 2.18. The number of aromatic hydroxyl groups is 4. The van der Waals surface area contributed by atoms with Gasteiger partial charge in [0.2, 0.25) is 0 Å². The van der Waals surface area contributed by atoms with Gasteiger partial charge in [-0.05, 0) is 192 Å². The van der Waals surface area contributed by atoms with Gasteiger partial charge in [-0.25, -0.2) is 18.7 Å². The van der Waals surface area contributed by atoms with Gasteiger partial charge in [-0.1, -0.05) is 210 Å². The first-order valence-electron chi connectivity index (χ1n) is 40.6. The topological polar surface area (TPSA) is 178 Å². The van der Waals surface area contributed by atoms with Crippen molar-refractivity contribution in [3.8, 4) is 28.7 Å². The summed E-state index contributed by atoms with van der Waals surface area (Å²) in [6.07, 6.45) is 10.7. The van der Waals surface area contributed by atoms with Gasteiger partial charge >= 0.3 is 0 Å². The Morgan fingerprint density at radius 2 is 0.549 bits per heavy atom. The number of aliphatic hydroxyl groups is 1. The quantitative estimate of drug-likeness (QED) is 0.0251. The number of aryl methyl sites for hydroxylation is 4. The lowest BCUT2D eigenvalue weighted by molar-refractivity contribution is 0.240. The first-order valence-corrected chi connectivity index (χ1v) is 42.3. The van der Waals surface area contributed by atoms with Gasteiger partial charge in [-0.15, -0.1) is 22.7 Å². The summed E-state index contributed by atoms with van der Waals surface area (Å²) in [5.74, 6) is 0.814. The highest BCUT2D eigenvalue weighted by molar-refractivity contribution is 7.09. The summed E-state index contributed by atoms with van der Waals surface area (Å²) in [5.41, 5.74) is 20.7. The molecule has 19 heteroatoms. The maximum atomic E-state index is 13.1. The minimum Gasteiger partial charge on any atom is -0.508 e. The van der Waals surface area contributed by atoms with Crippen molar-refractivity contribution in [3.05, 3.63) is 455 Å². The SMILES string of the molecule is COc1ccc(CN(Cc2ccc(C)cc2)Cc2nccs2)cc1.Cc1ccc(CN(Cc2ccc(F)cc2)Cc2nccs2)cc1.Cc1ccc(CN(Cc2ccccc2)Cc2ccc(CO)cc2)cc1.Cc1ccc(CN(Cc2ccncc2)Cc2ccc(F)cc2)cc1.Oc1ccc(O)c(CN(Cc2ccncc2)Cc2cc(O)ccc2O)c1. The van der Waals surface area contributed by atoms with Crippen molar-refractivity contribution in [2.24, 2.45) is 0 Å². The van der Waals surface area contributed by atoms with Gasteiger partial charge in [0.25, 0.3) is 0 Å². The molecule has 4 heterocycles. The van der Waals surface area contributed by atoms with Crippen LogP contribution in [0.15, 0.2) is 333 Å². The Bertz CT molecular complexity index is 5320. The third-order valence-electron chi connectivity index (χ3n) is 20.1. The Hall–Kier alpha value is -12.4. The van der Waals surface area contributed by atoms with Gasteiger partial charge in [0, 0.05) is 144 Å². The molecule has 0 unspecified atom stereocenters. The fourth-order valence-electron chi connectivity index (χ4n) is 13.6. The number of methoxy groups -OCH3 is 1. The number of thiazole rings is 2. The standard InChI is InChI=1S/C23H25NO.C21H21FN2.C20H20N2O4.C20H22N2OS.C19H19FN2S/c1-19-7-9-21(10-8-19)16-24(15-20-5-3-2-4-6-20)17-22-11-13-23(18-25)14-12-22;1-17-2-4-18(5-3-17)14-24(16-20-10-12-23-13-11-20)15-19-6-8-21(22)9-7-19;23-17-1-3-19(25)15(9-17)12-22(11-14-5-7-21-8-6-14)13-16-10-18(24)2-4-20(16)26;1-16-3-5-17(6-4-16)13-22(15-20-21-11-12-24-20)14-18-7-9-19(23-2)10-8-18;1-15-2-4-16(5-3-15)12-22(14-19-21-10-11-23-19)13-17-6-8-18(20)9-7-17/h2-14,25H,15-18H2,1H3;2-13H,14-16H2,1H3;1-10,23-26H,11-13H2;3-12H,13-15H2,1-2H3;2-11H,12-14H2,1H3. The maximum absolute atomic E-state index is 13.1. The van der Waals surface area contributed by atoms with E-state index in [9.17, 15) is 34.3 Å². The van der Waals surface area contributed by atoms with Crippen molar-refractivity contribution in [2.75, 3.05) is 7.11 Å². The second-order valence-electron chi connectivity index (χ2n) is 30.4. The second-order valence-corrected chi connectivity index (χ2v) is 32.4. The summed E-state index contributed by atoms with van der Waals surface area (Å²) in [5, 5.41) is 55.0. The summed E-state index contributed by atoms with van der Waals surface area (Å²) in [7, 11) is 1.70. The van der Waals surface area contributed by atoms with Crippen LogP contribution in [-0.2, 0) is 105 Å². The Morgan fingerprint density at radius 3 is 0.844 bits per heavy atom. The van der Waals surface area contributed by atoms with E-state index in [-0.39, 0.29) is 41.2 Å². The number of benzene rings is 11. The van der Waals surface area contributed by atoms with Crippen LogP contribution in [0.2, 0.25) is 0 Å². The number of phenols is 4. The number of pyridine rings is 2. The van der Waals surface area contributed by atoms with Crippen molar-refractivity contribution in [1.29, 1.82) is 0 Å². The van der Waals surface area contributed by atoms with E-state index in [0.29, 0.717) is 30.8 Å². The molecule has 0 radical (unpaired) electrons. The molecule has 5 N–H and O–H groups in total. The molecule has 0 aliphatic heterocycles. The molecular formula is C103H107F2N9O6S2. The molecule has 15 nitrogen and oxygen atoms in total. The fraction of sp³-hybridized carbons (Fsp3) is 0.204. The summed E-state index contributed by atoms with van der Waals surface area (Å²) in [4.78, 5) is 28.5. The molecule has 0 saturated carbocycles. The molecule has 0 aliphatic carbocycles. The summed E-state index contributed by atoms with van der Waals surface area (Å²) < 4.78 is 31.5. The molecule has 11 aromatic carbocycles. The second kappa shape index (κ2) is 48.1. The lowest BCUT2D eigenvalue weighted by atomic mass is 10.1. The van der Waals surface area contributed by atoms with E-state index in [0.717, 1.165) is 117 Å². The average Bonchev–Trinajstić information content (AvgIpc) is 0.876. The maximum Gasteiger partial charge on any atom is 0.123 e. The number of halogens is 2. The number of hydrogen-bond donors (Lipinski definition) is 5. The Labute approximate surface area is 724 Å². The van der Waals surface area contributed by atoms with Crippen molar-refractivity contribution < 1.29 is 39.1 Å². The number of aromatic nitrogens is 4. The molecule has 15 aromatic rings. The predicted molar refractivity (Wildman–Crippen MR) is 486 cm³/mol. The van der Waals surface area contributed by atoms with Crippen LogP contribution in [0.3, 0.4) is 0 Å². The van der Waals surface area contributed by atoms with E-state index in [1.54, 1.807) is 42.2 Å². The Morgan fingerprint density at radius 1 is 0.287 bits per heavy atom. The zero-order chi connectivity index (χ0) is 85.6.